The molecule has 2 rings (SSSR count). The van der Waals surface area contributed by atoms with Crippen LogP contribution in [0, 0.1) is 11.3 Å². The molecule has 0 spiro atoms. The summed E-state index contributed by atoms with van der Waals surface area (Å²) in [5.74, 6) is -0.517. The molecule has 1 N–H and O–H groups in total. The van der Waals surface area contributed by atoms with Gasteiger partial charge in [-0.05, 0) is 31.7 Å². The molecule has 1 aliphatic carbocycles. The van der Waals surface area contributed by atoms with Crippen molar-refractivity contribution >= 4 is 11.9 Å². The Bertz CT molecular complexity index is 521. The predicted molar refractivity (Wildman–Crippen MR) is 89.9 cm³/mol. The van der Waals surface area contributed by atoms with Gasteiger partial charge in [-0.3, -0.25) is 9.59 Å². The molecule has 126 valence electrons. The summed E-state index contributed by atoms with van der Waals surface area (Å²) in [6.07, 6.45) is 4.66. The molecule has 1 saturated carbocycles. The Morgan fingerprint density at radius 3 is 2.48 bits per heavy atom. The quantitative estimate of drug-likeness (QED) is 0.786. The maximum Gasteiger partial charge on any atom is 0.311 e. The number of hydrogen-bond acceptors (Lipinski definition) is 3. The van der Waals surface area contributed by atoms with Crippen molar-refractivity contribution < 1.29 is 14.3 Å². The molecule has 23 heavy (non-hydrogen) atoms. The summed E-state index contributed by atoms with van der Waals surface area (Å²) in [7, 11) is 0. The van der Waals surface area contributed by atoms with Crippen molar-refractivity contribution in [3.8, 4) is 0 Å². The fourth-order valence-electron chi connectivity index (χ4n) is 3.21. The van der Waals surface area contributed by atoms with E-state index in [0.29, 0.717) is 19.6 Å². The normalized spacial score (nSPS) is 17.5. The van der Waals surface area contributed by atoms with E-state index in [1.807, 2.05) is 37.3 Å². The van der Waals surface area contributed by atoms with E-state index >= 15 is 0 Å². The van der Waals surface area contributed by atoms with E-state index in [1.54, 1.807) is 6.92 Å². The molecule has 0 aliphatic heterocycles. The van der Waals surface area contributed by atoms with Gasteiger partial charge in [-0.1, -0.05) is 50.1 Å². The van der Waals surface area contributed by atoms with Gasteiger partial charge in [-0.2, -0.15) is 0 Å². The Kier molecular flexibility index (Phi) is 6.20. The van der Waals surface area contributed by atoms with E-state index in [0.717, 1.165) is 31.2 Å². The first-order chi connectivity index (χ1) is 11.0. The van der Waals surface area contributed by atoms with Crippen LogP contribution in [0.4, 0.5) is 0 Å². The molecule has 0 saturated heterocycles. The van der Waals surface area contributed by atoms with Gasteiger partial charge in [0.25, 0.3) is 0 Å². The highest BCUT2D eigenvalue weighted by Gasteiger charge is 2.36. The Morgan fingerprint density at radius 2 is 1.87 bits per heavy atom. The van der Waals surface area contributed by atoms with Crippen LogP contribution in [0.2, 0.25) is 0 Å². The van der Waals surface area contributed by atoms with Crippen LogP contribution < -0.4 is 5.32 Å². The molecule has 1 atom stereocenters. The number of esters is 1. The van der Waals surface area contributed by atoms with Crippen LogP contribution in [0.3, 0.4) is 0 Å². The van der Waals surface area contributed by atoms with Crippen molar-refractivity contribution in [2.75, 3.05) is 13.2 Å². The van der Waals surface area contributed by atoms with E-state index in [9.17, 15) is 9.59 Å². The minimum atomic E-state index is -0.341. The second kappa shape index (κ2) is 8.14. The summed E-state index contributed by atoms with van der Waals surface area (Å²) >= 11 is 0. The fourth-order valence-corrected chi connectivity index (χ4v) is 3.21. The average molecular weight is 317 g/mol. The summed E-state index contributed by atoms with van der Waals surface area (Å²) in [6.45, 7) is 4.51. The summed E-state index contributed by atoms with van der Waals surface area (Å²) in [5, 5.41) is 2.98. The largest absolute Gasteiger partial charge is 0.466 e. The molecule has 0 heterocycles. The molecule has 0 radical (unpaired) electrons. The van der Waals surface area contributed by atoms with E-state index < -0.39 is 0 Å². The molecular weight excluding hydrogens is 290 g/mol. The maximum absolute atomic E-state index is 12.4. The first kappa shape index (κ1) is 17.5. The van der Waals surface area contributed by atoms with Gasteiger partial charge in [0.05, 0.1) is 12.5 Å². The zero-order valence-corrected chi connectivity index (χ0v) is 14.1. The molecule has 1 aromatic rings. The van der Waals surface area contributed by atoms with Crippen molar-refractivity contribution in [3.63, 3.8) is 0 Å². The molecule has 0 bridgehead atoms. The van der Waals surface area contributed by atoms with Crippen molar-refractivity contribution in [1.29, 1.82) is 0 Å². The zero-order chi connectivity index (χ0) is 16.7. The number of benzene rings is 1. The minimum absolute atomic E-state index is 0.0670. The third kappa shape index (κ3) is 4.81. The first-order valence-corrected chi connectivity index (χ1v) is 8.54. The number of carbonyl (C=O) groups is 2. The van der Waals surface area contributed by atoms with Gasteiger partial charge in [0.15, 0.2) is 0 Å². The van der Waals surface area contributed by atoms with E-state index in [-0.39, 0.29) is 23.2 Å². The number of rotatable bonds is 7. The average Bonchev–Trinajstić information content (AvgIpc) is 3.00. The van der Waals surface area contributed by atoms with Crippen molar-refractivity contribution in [2.24, 2.45) is 11.3 Å². The highest BCUT2D eigenvalue weighted by Crippen LogP contribution is 2.37. The van der Waals surface area contributed by atoms with E-state index in [4.69, 9.17) is 4.74 Å². The van der Waals surface area contributed by atoms with Gasteiger partial charge in [-0.15, -0.1) is 0 Å². The van der Waals surface area contributed by atoms with Gasteiger partial charge >= 0.3 is 5.97 Å². The molecule has 4 heteroatoms. The van der Waals surface area contributed by atoms with Crippen LogP contribution in [0.5, 0.6) is 0 Å². The third-order valence-corrected chi connectivity index (χ3v) is 4.71. The first-order valence-electron chi connectivity index (χ1n) is 8.54. The SMILES string of the molecule is CCOC(=O)C(CNC(=O)C1(C)CCCC1)Cc1ccccc1. The van der Waals surface area contributed by atoms with Gasteiger partial charge < -0.3 is 10.1 Å². The summed E-state index contributed by atoms with van der Waals surface area (Å²) in [4.78, 5) is 24.6. The molecule has 1 aliphatic rings. The van der Waals surface area contributed by atoms with Crippen molar-refractivity contribution in [3.05, 3.63) is 35.9 Å². The smallest absolute Gasteiger partial charge is 0.311 e. The lowest BCUT2D eigenvalue weighted by atomic mass is 9.87. The van der Waals surface area contributed by atoms with Crippen molar-refractivity contribution in [2.45, 2.75) is 46.0 Å². The van der Waals surface area contributed by atoms with Crippen LogP contribution in [0.25, 0.3) is 0 Å². The number of nitrogens with one attached hydrogen (secondary N) is 1. The second-order valence-corrected chi connectivity index (χ2v) is 6.62. The molecule has 1 aromatic carbocycles. The fraction of sp³-hybridized carbons (Fsp3) is 0.579. The van der Waals surface area contributed by atoms with E-state index in [2.05, 4.69) is 5.32 Å². The van der Waals surface area contributed by atoms with Gasteiger partial charge in [-0.25, -0.2) is 0 Å². The van der Waals surface area contributed by atoms with Crippen molar-refractivity contribution in [1.82, 2.24) is 5.32 Å². The molecule has 4 nitrogen and oxygen atoms in total. The maximum atomic E-state index is 12.4. The Hall–Kier alpha value is -1.84. The highest BCUT2D eigenvalue weighted by molar-refractivity contribution is 5.83. The standard InChI is InChI=1S/C19H27NO3/c1-3-23-17(21)16(13-15-9-5-4-6-10-15)14-20-18(22)19(2)11-7-8-12-19/h4-6,9-10,16H,3,7-8,11-14H2,1-2H3,(H,20,22). The van der Waals surface area contributed by atoms with Crippen LogP contribution in [0.1, 0.15) is 45.1 Å². The van der Waals surface area contributed by atoms with Gasteiger partial charge in [0, 0.05) is 12.0 Å². The number of hydrogen-bond donors (Lipinski definition) is 1. The Balaban J connectivity index is 1.97. The number of ether oxygens (including phenoxy) is 1. The monoisotopic (exact) mass is 317 g/mol. The van der Waals surface area contributed by atoms with Gasteiger partial charge in [0.1, 0.15) is 0 Å². The second-order valence-electron chi connectivity index (χ2n) is 6.62. The van der Waals surface area contributed by atoms with Crippen LogP contribution in [0.15, 0.2) is 30.3 Å². The van der Waals surface area contributed by atoms with Crippen LogP contribution in [-0.4, -0.2) is 25.0 Å². The summed E-state index contributed by atoms with van der Waals surface area (Å²) < 4.78 is 5.17. The lowest BCUT2D eigenvalue weighted by Crippen LogP contribution is -2.41. The number of amides is 1. The highest BCUT2D eigenvalue weighted by atomic mass is 16.5. The Labute approximate surface area is 138 Å². The molecular formula is C19H27NO3. The third-order valence-electron chi connectivity index (χ3n) is 4.71. The molecule has 0 aromatic heterocycles. The van der Waals surface area contributed by atoms with Crippen LogP contribution >= 0.6 is 0 Å². The summed E-state index contributed by atoms with van der Waals surface area (Å²) in [6, 6.07) is 9.84. The lowest BCUT2D eigenvalue weighted by molar-refractivity contribution is -0.148. The van der Waals surface area contributed by atoms with Gasteiger partial charge in [0.2, 0.25) is 5.91 Å². The molecule has 1 unspecified atom stereocenters. The number of carbonyl (C=O) groups excluding carboxylic acids is 2. The van der Waals surface area contributed by atoms with Crippen LogP contribution in [-0.2, 0) is 20.7 Å². The molecule has 1 fully saturated rings. The zero-order valence-electron chi connectivity index (χ0n) is 14.1. The Morgan fingerprint density at radius 1 is 1.22 bits per heavy atom. The topological polar surface area (TPSA) is 55.4 Å². The van der Waals surface area contributed by atoms with E-state index in [1.165, 1.54) is 0 Å². The molecule has 1 amide bonds. The lowest BCUT2D eigenvalue weighted by Gasteiger charge is -2.24. The summed E-state index contributed by atoms with van der Waals surface area (Å²) in [5.41, 5.74) is 0.804. The predicted octanol–water partition coefficient (Wildman–Crippen LogP) is 3.10. The minimum Gasteiger partial charge on any atom is -0.466 e.